The highest BCUT2D eigenvalue weighted by Crippen LogP contribution is 2.26. The van der Waals surface area contributed by atoms with Crippen molar-refractivity contribution in [2.24, 2.45) is 0 Å². The number of allylic oxidation sites excluding steroid dienone is 14. The molecule has 15 nitrogen and oxygen atoms in total. The van der Waals surface area contributed by atoms with Crippen LogP contribution in [0.2, 0.25) is 0 Å². The molecule has 382 valence electrons. The lowest BCUT2D eigenvalue weighted by atomic mass is 9.98. The first-order valence-electron chi connectivity index (χ1n) is 24.7. The summed E-state index contributed by atoms with van der Waals surface area (Å²) in [6.45, 7) is 2.33. The molecule has 0 spiro atoms. The molecule has 0 bridgehead atoms. The number of unbranched alkanes of at least 4 members (excludes halogenated alkanes) is 8. The van der Waals surface area contributed by atoms with Crippen LogP contribution in [0.4, 0.5) is 0 Å². The van der Waals surface area contributed by atoms with E-state index in [9.17, 15) is 45.3 Å². The van der Waals surface area contributed by atoms with Crippen LogP contribution in [0.25, 0.3) is 0 Å². The van der Waals surface area contributed by atoms with E-state index < -0.39 is 99.3 Å². The van der Waals surface area contributed by atoms with Gasteiger partial charge < -0.3 is 64.2 Å². The average Bonchev–Trinajstić information content (AvgIpc) is 3.32. The Morgan fingerprint density at radius 1 is 0.493 bits per heavy atom. The first-order chi connectivity index (χ1) is 32.5. The first-order valence-corrected chi connectivity index (χ1v) is 24.7. The number of aliphatic hydroxyl groups excluding tert-OH is 7. The third-order valence-electron chi connectivity index (χ3n) is 11.1. The van der Waals surface area contributed by atoms with E-state index in [4.69, 9.17) is 28.4 Å². The van der Waals surface area contributed by atoms with Crippen molar-refractivity contribution < 1.29 is 73.8 Å². The van der Waals surface area contributed by atoms with Crippen molar-refractivity contribution in [2.45, 2.75) is 203 Å². The molecule has 0 saturated carbocycles. The van der Waals surface area contributed by atoms with Crippen LogP contribution in [0.15, 0.2) is 85.1 Å². The molecule has 2 saturated heterocycles. The summed E-state index contributed by atoms with van der Waals surface area (Å²) in [5, 5.41) is 72.0. The fourth-order valence-corrected chi connectivity index (χ4v) is 7.03. The zero-order valence-electron chi connectivity index (χ0n) is 40.1. The van der Waals surface area contributed by atoms with Gasteiger partial charge in [0.25, 0.3) is 0 Å². The van der Waals surface area contributed by atoms with Crippen LogP contribution in [0.5, 0.6) is 0 Å². The zero-order chi connectivity index (χ0) is 48.9. The number of esters is 2. The van der Waals surface area contributed by atoms with E-state index in [0.717, 1.165) is 77.0 Å². The molecule has 0 aliphatic carbocycles. The van der Waals surface area contributed by atoms with Gasteiger partial charge in [-0.1, -0.05) is 131 Å². The quantitative estimate of drug-likeness (QED) is 0.0204. The molecule has 15 heteroatoms. The fourth-order valence-electron chi connectivity index (χ4n) is 7.03. The van der Waals surface area contributed by atoms with Gasteiger partial charge in [-0.15, -0.1) is 0 Å². The predicted molar refractivity (Wildman–Crippen MR) is 256 cm³/mol. The van der Waals surface area contributed by atoms with Gasteiger partial charge in [-0.25, -0.2) is 0 Å². The Bertz CT molecular complexity index is 1490. The molecule has 2 aliphatic rings. The largest absolute Gasteiger partial charge is 0.462 e. The topological polar surface area (TPSA) is 231 Å². The van der Waals surface area contributed by atoms with Crippen molar-refractivity contribution >= 4 is 11.9 Å². The standard InChI is InChI=1S/C52H84O15/c1-3-5-7-9-11-13-15-17-19-20-21-23-25-27-29-31-33-35-44(55)65-40(37-62-43(54)34-32-30-28-26-24-22-18-16-14-12-10-8-6-4-2)38-63-51-50(61)48(59)46(57)42(67-51)39-64-52-49(60)47(58)45(56)41(36-53)66-52/h5,7,10-13,16-19,21,23,27,29,40-42,45-53,56-61H,3-4,6,8-9,14-15,20,22,24-26,28,30-39H2,1-2H3/b7-5-,12-10-,13-11-,18-16-,19-17-,23-21-,29-27-. The molecule has 7 N–H and O–H groups in total. The Morgan fingerprint density at radius 2 is 0.955 bits per heavy atom. The number of carbonyl (C=O) groups excluding carboxylic acids is 2. The van der Waals surface area contributed by atoms with E-state index in [2.05, 4.69) is 86.8 Å². The van der Waals surface area contributed by atoms with E-state index in [-0.39, 0.29) is 19.4 Å². The highest BCUT2D eigenvalue weighted by Gasteiger charge is 2.47. The number of hydrogen-bond acceptors (Lipinski definition) is 15. The van der Waals surface area contributed by atoms with Gasteiger partial charge >= 0.3 is 11.9 Å². The van der Waals surface area contributed by atoms with Crippen molar-refractivity contribution in [3.05, 3.63) is 85.1 Å². The fraction of sp³-hybridized carbons (Fsp3) is 0.692. The van der Waals surface area contributed by atoms with Gasteiger partial charge in [0.15, 0.2) is 18.7 Å². The second kappa shape index (κ2) is 38.5. The molecule has 0 aromatic rings. The van der Waals surface area contributed by atoms with Crippen molar-refractivity contribution in [3.63, 3.8) is 0 Å². The van der Waals surface area contributed by atoms with E-state index >= 15 is 0 Å². The maximum absolute atomic E-state index is 13.0. The second-order valence-electron chi connectivity index (χ2n) is 16.9. The van der Waals surface area contributed by atoms with Crippen LogP contribution in [0.3, 0.4) is 0 Å². The minimum atomic E-state index is -1.78. The van der Waals surface area contributed by atoms with Gasteiger partial charge in [-0.2, -0.15) is 0 Å². The zero-order valence-corrected chi connectivity index (χ0v) is 40.1. The van der Waals surface area contributed by atoms with Gasteiger partial charge in [0, 0.05) is 12.8 Å². The number of rotatable bonds is 36. The Morgan fingerprint density at radius 3 is 1.52 bits per heavy atom. The summed E-state index contributed by atoms with van der Waals surface area (Å²) >= 11 is 0. The lowest BCUT2D eigenvalue weighted by molar-refractivity contribution is -0.332. The SMILES string of the molecule is CC/C=C\C/C=C\C/C=C\C/C=C\C/C=C\CCCC(=O)OC(COC(=O)CCCCCCC/C=C\C/C=C\CCCC)COC1OC(COC2OC(CO)C(O)C(O)C2O)C(O)C(O)C1O. The molecule has 2 aliphatic heterocycles. The van der Waals surface area contributed by atoms with Crippen LogP contribution in [0.1, 0.15) is 136 Å². The van der Waals surface area contributed by atoms with Crippen LogP contribution >= 0.6 is 0 Å². The molecule has 0 aromatic heterocycles. The van der Waals surface area contributed by atoms with Crippen LogP contribution in [-0.2, 0) is 38.0 Å². The molecule has 11 unspecified atom stereocenters. The lowest BCUT2D eigenvalue weighted by Gasteiger charge is -2.42. The van der Waals surface area contributed by atoms with Gasteiger partial charge in [-0.05, 0) is 77.0 Å². The lowest BCUT2D eigenvalue weighted by Crippen LogP contribution is -2.61. The van der Waals surface area contributed by atoms with E-state index in [1.165, 1.54) is 12.8 Å². The summed E-state index contributed by atoms with van der Waals surface area (Å²) in [6.07, 6.45) is 29.0. The van der Waals surface area contributed by atoms with Gasteiger partial charge in [0.05, 0.1) is 19.8 Å². The normalized spacial score (nSPS) is 26.7. The third kappa shape index (κ3) is 26.9. The molecule has 2 heterocycles. The summed E-state index contributed by atoms with van der Waals surface area (Å²) in [5.74, 6) is -1.02. The number of ether oxygens (including phenoxy) is 6. The minimum Gasteiger partial charge on any atom is -0.462 e. The summed E-state index contributed by atoms with van der Waals surface area (Å²) < 4.78 is 33.4. The molecular weight excluding hydrogens is 865 g/mol. The predicted octanol–water partition coefficient (Wildman–Crippen LogP) is 6.43. The molecule has 2 rings (SSSR count). The Labute approximate surface area is 399 Å². The third-order valence-corrected chi connectivity index (χ3v) is 11.1. The Hall–Kier alpha value is -3.32. The second-order valence-corrected chi connectivity index (χ2v) is 16.9. The van der Waals surface area contributed by atoms with Gasteiger partial charge in [-0.3, -0.25) is 9.59 Å². The number of hydrogen-bond donors (Lipinski definition) is 7. The van der Waals surface area contributed by atoms with Crippen molar-refractivity contribution in [3.8, 4) is 0 Å². The van der Waals surface area contributed by atoms with Crippen LogP contribution in [0, 0.1) is 0 Å². The van der Waals surface area contributed by atoms with Crippen molar-refractivity contribution in [1.29, 1.82) is 0 Å². The molecule has 0 amide bonds. The molecule has 11 atom stereocenters. The average molecular weight is 949 g/mol. The van der Waals surface area contributed by atoms with Crippen molar-refractivity contribution in [2.75, 3.05) is 26.4 Å². The smallest absolute Gasteiger partial charge is 0.306 e. The molecule has 67 heavy (non-hydrogen) atoms. The minimum absolute atomic E-state index is 0.0788. The highest BCUT2D eigenvalue weighted by molar-refractivity contribution is 5.70. The van der Waals surface area contributed by atoms with E-state index in [0.29, 0.717) is 19.3 Å². The van der Waals surface area contributed by atoms with E-state index in [1.807, 2.05) is 12.2 Å². The first kappa shape index (κ1) is 59.8. The van der Waals surface area contributed by atoms with Crippen molar-refractivity contribution in [1.82, 2.24) is 0 Å². The van der Waals surface area contributed by atoms with Gasteiger partial charge in [0.2, 0.25) is 0 Å². The molecule has 2 fully saturated rings. The monoisotopic (exact) mass is 949 g/mol. The number of carbonyl (C=O) groups is 2. The summed E-state index contributed by atoms with van der Waals surface area (Å²) in [6, 6.07) is 0. The van der Waals surface area contributed by atoms with Crippen LogP contribution in [-0.4, -0.2) is 142 Å². The van der Waals surface area contributed by atoms with Crippen LogP contribution < -0.4 is 0 Å². The van der Waals surface area contributed by atoms with E-state index in [1.54, 1.807) is 0 Å². The summed E-state index contributed by atoms with van der Waals surface area (Å²) in [5.41, 5.74) is 0. The maximum atomic E-state index is 13.0. The number of aliphatic hydroxyl groups is 7. The highest BCUT2D eigenvalue weighted by atomic mass is 16.7. The molecule has 0 radical (unpaired) electrons. The Kier molecular flexibility index (Phi) is 34.4. The van der Waals surface area contributed by atoms with Gasteiger partial charge in [0.1, 0.15) is 55.4 Å². The molecule has 0 aromatic carbocycles. The summed E-state index contributed by atoms with van der Waals surface area (Å²) in [7, 11) is 0. The summed E-state index contributed by atoms with van der Waals surface area (Å²) in [4.78, 5) is 25.7. The maximum Gasteiger partial charge on any atom is 0.306 e. The Balaban J connectivity index is 1.87. The molecular formula is C52H84O15.